The number of carbonyl (C=O) groups is 1. The number of aromatic nitrogens is 1. The van der Waals surface area contributed by atoms with Gasteiger partial charge in [-0.1, -0.05) is 6.07 Å². The summed E-state index contributed by atoms with van der Waals surface area (Å²) in [4.78, 5) is 17.6. The number of nitrogens with zero attached hydrogens (tertiary/aromatic N) is 2. The average Bonchev–Trinajstić information content (AvgIpc) is 2.73. The van der Waals surface area contributed by atoms with Crippen molar-refractivity contribution in [3.8, 4) is 5.75 Å². The highest BCUT2D eigenvalue weighted by atomic mass is 19.4. The van der Waals surface area contributed by atoms with E-state index in [9.17, 15) is 18.0 Å². The van der Waals surface area contributed by atoms with Crippen molar-refractivity contribution in [3.63, 3.8) is 0 Å². The first-order valence-corrected chi connectivity index (χ1v) is 9.47. The van der Waals surface area contributed by atoms with Crippen LogP contribution in [0.3, 0.4) is 0 Å². The monoisotopic (exact) mass is 406 g/mol. The van der Waals surface area contributed by atoms with Crippen LogP contribution >= 0.6 is 0 Å². The molecule has 5 nitrogen and oxygen atoms in total. The van der Waals surface area contributed by atoms with E-state index in [0.717, 1.165) is 29.5 Å². The highest BCUT2D eigenvalue weighted by Gasteiger charge is 2.43. The maximum Gasteiger partial charge on any atom is 0.434 e. The molecule has 1 spiro atoms. The van der Waals surface area contributed by atoms with Crippen LogP contribution in [0.4, 0.5) is 13.2 Å². The van der Waals surface area contributed by atoms with Gasteiger partial charge in [0.25, 0.3) is 5.91 Å². The van der Waals surface area contributed by atoms with Crippen molar-refractivity contribution in [1.82, 2.24) is 9.88 Å². The average molecular weight is 406 g/mol. The number of hydrogen-bond acceptors (Lipinski definition) is 4. The van der Waals surface area contributed by atoms with Gasteiger partial charge in [-0.3, -0.25) is 9.78 Å². The molecule has 0 N–H and O–H groups in total. The lowest BCUT2D eigenvalue weighted by atomic mass is 9.79. The Hall–Kier alpha value is -2.61. The van der Waals surface area contributed by atoms with Gasteiger partial charge in [-0.2, -0.15) is 13.2 Å². The van der Waals surface area contributed by atoms with Gasteiger partial charge in [0.1, 0.15) is 5.75 Å². The van der Waals surface area contributed by atoms with Gasteiger partial charge >= 0.3 is 6.18 Å². The van der Waals surface area contributed by atoms with E-state index in [1.807, 2.05) is 18.2 Å². The standard InChI is InChI=1S/C21H21F3N2O3/c1-28-15-4-5-17-14(13-15)6-12-29-20(17)7-10-26(11-8-20)19(27)16-3-2-9-25-18(16)21(22,23)24/h2-5,9,13H,6-8,10-12H2,1H3. The van der Waals surface area contributed by atoms with Gasteiger partial charge in [0, 0.05) is 19.3 Å². The van der Waals surface area contributed by atoms with Crippen molar-refractivity contribution in [1.29, 1.82) is 0 Å². The van der Waals surface area contributed by atoms with Crippen LogP contribution in [0.1, 0.15) is 40.0 Å². The number of piperidine rings is 1. The Morgan fingerprint density at radius 3 is 2.69 bits per heavy atom. The number of fused-ring (bicyclic) bond motifs is 2. The Bertz CT molecular complexity index is 922. The lowest BCUT2D eigenvalue weighted by Crippen LogP contribution is -2.48. The van der Waals surface area contributed by atoms with Crippen molar-refractivity contribution >= 4 is 5.91 Å². The van der Waals surface area contributed by atoms with E-state index >= 15 is 0 Å². The van der Waals surface area contributed by atoms with Crippen LogP contribution in [0.5, 0.6) is 5.75 Å². The van der Waals surface area contributed by atoms with Gasteiger partial charge in [0.15, 0.2) is 5.69 Å². The molecule has 3 heterocycles. The number of halogens is 3. The maximum absolute atomic E-state index is 13.2. The second-order valence-corrected chi connectivity index (χ2v) is 7.31. The lowest BCUT2D eigenvalue weighted by molar-refractivity contribution is -0.141. The molecule has 1 amide bonds. The lowest BCUT2D eigenvalue weighted by Gasteiger charge is -2.45. The number of methoxy groups -OCH3 is 1. The zero-order valence-electron chi connectivity index (χ0n) is 16.0. The van der Waals surface area contributed by atoms with Crippen molar-refractivity contribution in [2.45, 2.75) is 31.0 Å². The van der Waals surface area contributed by atoms with Crippen molar-refractivity contribution in [2.24, 2.45) is 0 Å². The molecule has 1 aromatic heterocycles. The van der Waals surface area contributed by atoms with Gasteiger partial charge in [-0.05, 0) is 54.7 Å². The quantitative estimate of drug-likeness (QED) is 0.761. The van der Waals surface area contributed by atoms with Crippen LogP contribution in [-0.2, 0) is 22.9 Å². The molecule has 1 saturated heterocycles. The van der Waals surface area contributed by atoms with Gasteiger partial charge in [0.05, 0.1) is 24.9 Å². The molecule has 0 atom stereocenters. The summed E-state index contributed by atoms with van der Waals surface area (Å²) in [6, 6.07) is 8.41. The minimum absolute atomic E-state index is 0.316. The predicted molar refractivity (Wildman–Crippen MR) is 98.7 cm³/mol. The highest BCUT2D eigenvalue weighted by molar-refractivity contribution is 5.95. The third-order valence-electron chi connectivity index (χ3n) is 5.72. The molecule has 8 heteroatoms. The van der Waals surface area contributed by atoms with E-state index in [4.69, 9.17) is 9.47 Å². The zero-order chi connectivity index (χ0) is 20.6. The molecular formula is C21H21F3N2O3. The molecular weight excluding hydrogens is 385 g/mol. The molecule has 1 aromatic carbocycles. The van der Waals surface area contributed by atoms with Crippen LogP contribution in [0, 0.1) is 0 Å². The molecule has 0 radical (unpaired) electrons. The number of benzene rings is 1. The molecule has 2 aliphatic rings. The number of rotatable bonds is 2. The van der Waals surface area contributed by atoms with Crippen LogP contribution in [-0.4, -0.2) is 42.6 Å². The fourth-order valence-corrected chi connectivity index (χ4v) is 4.24. The van der Waals surface area contributed by atoms with Crippen molar-refractivity contribution in [2.75, 3.05) is 26.8 Å². The van der Waals surface area contributed by atoms with Gasteiger partial charge < -0.3 is 14.4 Å². The Kier molecular flexibility index (Phi) is 4.98. The number of amides is 1. The van der Waals surface area contributed by atoms with Gasteiger partial charge in [0.2, 0.25) is 0 Å². The molecule has 2 aromatic rings. The van der Waals surface area contributed by atoms with E-state index in [1.165, 1.54) is 17.0 Å². The SMILES string of the molecule is COc1ccc2c(c1)CCOC21CCN(C(=O)c2cccnc2C(F)(F)F)CC1. The van der Waals surface area contributed by atoms with Crippen molar-refractivity contribution in [3.05, 3.63) is 58.9 Å². The van der Waals surface area contributed by atoms with Crippen LogP contribution in [0.2, 0.25) is 0 Å². The second kappa shape index (κ2) is 7.33. The number of carbonyl (C=O) groups excluding carboxylic acids is 1. The smallest absolute Gasteiger partial charge is 0.434 e. The summed E-state index contributed by atoms with van der Waals surface area (Å²) in [5.74, 6) is 0.135. The first kappa shape index (κ1) is 19.7. The van der Waals surface area contributed by atoms with E-state index in [2.05, 4.69) is 4.98 Å². The van der Waals surface area contributed by atoms with Crippen LogP contribution < -0.4 is 4.74 Å². The number of pyridine rings is 1. The first-order valence-electron chi connectivity index (χ1n) is 9.47. The Labute approximate surface area is 166 Å². The summed E-state index contributed by atoms with van der Waals surface area (Å²) in [7, 11) is 1.62. The molecule has 29 heavy (non-hydrogen) atoms. The zero-order valence-corrected chi connectivity index (χ0v) is 16.0. The van der Waals surface area contributed by atoms with E-state index < -0.39 is 28.9 Å². The van der Waals surface area contributed by atoms with Crippen molar-refractivity contribution < 1.29 is 27.4 Å². The predicted octanol–water partition coefficient (Wildman–Crippen LogP) is 3.81. The summed E-state index contributed by atoms with van der Waals surface area (Å²) >= 11 is 0. The topological polar surface area (TPSA) is 51.7 Å². The summed E-state index contributed by atoms with van der Waals surface area (Å²) in [5, 5.41) is 0. The van der Waals surface area contributed by atoms with Gasteiger partial charge in [-0.15, -0.1) is 0 Å². The third-order valence-corrected chi connectivity index (χ3v) is 5.72. The summed E-state index contributed by atoms with van der Waals surface area (Å²) in [5.41, 5.74) is 0.164. The minimum atomic E-state index is -4.67. The molecule has 0 saturated carbocycles. The van der Waals surface area contributed by atoms with Crippen LogP contribution in [0.25, 0.3) is 0 Å². The highest BCUT2D eigenvalue weighted by Crippen LogP contribution is 2.43. The van der Waals surface area contributed by atoms with E-state index in [1.54, 1.807) is 7.11 Å². The molecule has 1 fully saturated rings. The van der Waals surface area contributed by atoms with Crippen LogP contribution in [0.15, 0.2) is 36.5 Å². The number of likely N-dealkylation sites (tertiary alicyclic amines) is 1. The summed E-state index contributed by atoms with van der Waals surface area (Å²) < 4.78 is 51.1. The number of ether oxygens (including phenoxy) is 2. The number of hydrogen-bond donors (Lipinski definition) is 0. The van der Waals surface area contributed by atoms with E-state index in [0.29, 0.717) is 32.5 Å². The Morgan fingerprint density at radius 2 is 2.00 bits per heavy atom. The first-order chi connectivity index (χ1) is 13.8. The summed E-state index contributed by atoms with van der Waals surface area (Å²) in [6.45, 7) is 1.20. The van der Waals surface area contributed by atoms with Gasteiger partial charge in [-0.25, -0.2) is 0 Å². The molecule has 0 aliphatic carbocycles. The maximum atomic E-state index is 13.2. The molecule has 0 bridgehead atoms. The largest absolute Gasteiger partial charge is 0.497 e. The minimum Gasteiger partial charge on any atom is -0.497 e. The second-order valence-electron chi connectivity index (χ2n) is 7.31. The molecule has 2 aliphatic heterocycles. The molecule has 4 rings (SSSR count). The Morgan fingerprint density at radius 1 is 1.24 bits per heavy atom. The summed E-state index contributed by atoms with van der Waals surface area (Å²) in [6.07, 6.45) is -1.79. The Balaban J connectivity index is 1.55. The number of alkyl halides is 3. The molecule has 0 unspecified atom stereocenters. The van der Waals surface area contributed by atoms with E-state index in [-0.39, 0.29) is 0 Å². The molecule has 154 valence electrons. The fraction of sp³-hybridized carbons (Fsp3) is 0.429. The normalized spacial score (nSPS) is 18.4. The fourth-order valence-electron chi connectivity index (χ4n) is 4.24. The third kappa shape index (κ3) is 3.57.